The minimum absolute atomic E-state index is 0.223. The number of amides is 1. The molecule has 2 aliphatic heterocycles. The van der Waals surface area contributed by atoms with Crippen molar-refractivity contribution in [3.8, 4) is 0 Å². The predicted molar refractivity (Wildman–Crippen MR) is 64.8 cm³/mol. The van der Waals surface area contributed by atoms with Gasteiger partial charge in [0.1, 0.15) is 0 Å². The summed E-state index contributed by atoms with van der Waals surface area (Å²) in [5.41, 5.74) is -0.00282. The van der Waals surface area contributed by atoms with Gasteiger partial charge in [-0.3, -0.25) is 4.79 Å². The third-order valence-electron chi connectivity index (χ3n) is 4.31. The van der Waals surface area contributed by atoms with Crippen LogP contribution < -0.4 is 4.90 Å². The highest BCUT2D eigenvalue weighted by Gasteiger charge is 2.67. The molecule has 0 radical (unpaired) electrons. The molecule has 0 spiro atoms. The van der Waals surface area contributed by atoms with Gasteiger partial charge in [-0.1, -0.05) is 18.2 Å². The third-order valence-corrected chi connectivity index (χ3v) is 4.31. The molecule has 0 saturated carbocycles. The molecule has 0 bridgehead atoms. The average molecular weight is 232 g/mol. The third kappa shape index (κ3) is 0.916. The van der Waals surface area contributed by atoms with Crippen LogP contribution >= 0.6 is 0 Å². The molecular weight excluding hydrogens is 216 g/mol. The van der Waals surface area contributed by atoms with Crippen molar-refractivity contribution in [1.82, 2.24) is 4.90 Å². The molecule has 1 aromatic rings. The van der Waals surface area contributed by atoms with Gasteiger partial charge in [0, 0.05) is 26.3 Å². The van der Waals surface area contributed by atoms with Crippen molar-refractivity contribution in [1.29, 1.82) is 0 Å². The number of anilines is 1. The van der Waals surface area contributed by atoms with E-state index in [0.29, 0.717) is 6.54 Å². The van der Waals surface area contributed by atoms with Gasteiger partial charge in [-0.05, 0) is 18.6 Å². The lowest BCUT2D eigenvalue weighted by Crippen LogP contribution is -2.58. The zero-order valence-electron chi connectivity index (χ0n) is 10.3. The number of hydrogen-bond acceptors (Lipinski definition) is 3. The van der Waals surface area contributed by atoms with Crippen LogP contribution in [-0.2, 0) is 10.2 Å². The SMILES string of the molecule is CN1C[C@@]2(C)c3ccccc3N(C)[C@]2(O)C1=O. The Bertz CT molecular complexity index is 516. The van der Waals surface area contributed by atoms with E-state index >= 15 is 0 Å². The molecule has 1 saturated heterocycles. The van der Waals surface area contributed by atoms with E-state index in [-0.39, 0.29) is 5.91 Å². The Hall–Kier alpha value is -1.55. The highest BCUT2D eigenvalue weighted by Crippen LogP contribution is 2.53. The maximum atomic E-state index is 12.2. The van der Waals surface area contributed by atoms with Gasteiger partial charge in [-0.25, -0.2) is 0 Å². The number of carbonyl (C=O) groups is 1. The van der Waals surface area contributed by atoms with Crippen molar-refractivity contribution in [3.05, 3.63) is 29.8 Å². The lowest BCUT2D eigenvalue weighted by Gasteiger charge is -2.34. The highest BCUT2D eigenvalue weighted by molar-refractivity contribution is 5.96. The number of hydrogen-bond donors (Lipinski definition) is 1. The predicted octanol–water partition coefficient (Wildman–Crippen LogP) is 0.555. The molecule has 1 amide bonds. The summed E-state index contributed by atoms with van der Waals surface area (Å²) in [6, 6.07) is 7.82. The Morgan fingerprint density at radius 1 is 1.29 bits per heavy atom. The largest absolute Gasteiger partial charge is 0.362 e. The molecule has 2 atom stereocenters. The molecule has 2 aliphatic rings. The topological polar surface area (TPSA) is 43.8 Å². The van der Waals surface area contributed by atoms with Gasteiger partial charge in [0.15, 0.2) is 0 Å². The van der Waals surface area contributed by atoms with Crippen molar-refractivity contribution in [2.24, 2.45) is 0 Å². The first-order chi connectivity index (χ1) is 7.93. The lowest BCUT2D eigenvalue weighted by molar-refractivity contribution is -0.143. The molecule has 1 aromatic carbocycles. The minimum Gasteiger partial charge on any atom is -0.362 e. The second kappa shape index (κ2) is 2.82. The molecule has 4 heteroatoms. The summed E-state index contributed by atoms with van der Waals surface area (Å²) in [7, 11) is 3.52. The summed E-state index contributed by atoms with van der Waals surface area (Å²) in [5.74, 6) is -0.223. The smallest absolute Gasteiger partial charge is 0.276 e. The van der Waals surface area contributed by atoms with Crippen LogP contribution in [0.4, 0.5) is 5.69 Å². The number of carbonyl (C=O) groups excluding carboxylic acids is 1. The zero-order valence-corrected chi connectivity index (χ0v) is 10.3. The second-order valence-corrected chi connectivity index (χ2v) is 5.24. The van der Waals surface area contributed by atoms with E-state index in [1.807, 2.05) is 31.2 Å². The molecule has 0 unspecified atom stereocenters. The van der Waals surface area contributed by atoms with Gasteiger partial charge in [0.2, 0.25) is 5.72 Å². The van der Waals surface area contributed by atoms with Gasteiger partial charge in [0.05, 0.1) is 5.41 Å². The number of nitrogens with zero attached hydrogens (tertiary/aromatic N) is 2. The minimum atomic E-state index is -1.44. The second-order valence-electron chi connectivity index (χ2n) is 5.24. The molecule has 0 aliphatic carbocycles. The number of likely N-dealkylation sites (tertiary alicyclic amines) is 1. The fourth-order valence-electron chi connectivity index (χ4n) is 3.35. The van der Waals surface area contributed by atoms with Crippen LogP contribution in [0.5, 0.6) is 0 Å². The van der Waals surface area contributed by atoms with E-state index in [1.165, 1.54) is 0 Å². The monoisotopic (exact) mass is 232 g/mol. The fraction of sp³-hybridized carbons (Fsp3) is 0.462. The number of fused-ring (bicyclic) bond motifs is 3. The Kier molecular flexibility index (Phi) is 1.76. The molecule has 1 fully saturated rings. The Labute approximate surface area is 100 Å². The molecule has 17 heavy (non-hydrogen) atoms. The quantitative estimate of drug-likeness (QED) is 0.710. The summed E-state index contributed by atoms with van der Waals surface area (Å²) in [6.07, 6.45) is 0. The van der Waals surface area contributed by atoms with Gasteiger partial charge in [0.25, 0.3) is 5.91 Å². The average Bonchev–Trinajstić information content (AvgIpc) is 2.60. The molecule has 1 N–H and O–H groups in total. The van der Waals surface area contributed by atoms with Gasteiger partial charge >= 0.3 is 0 Å². The van der Waals surface area contributed by atoms with E-state index in [2.05, 4.69) is 0 Å². The first kappa shape index (κ1) is 10.6. The summed E-state index contributed by atoms with van der Waals surface area (Å²) < 4.78 is 0. The highest BCUT2D eigenvalue weighted by atomic mass is 16.3. The van der Waals surface area contributed by atoms with Crippen molar-refractivity contribution in [3.63, 3.8) is 0 Å². The molecule has 2 heterocycles. The number of para-hydroxylation sites is 1. The first-order valence-corrected chi connectivity index (χ1v) is 5.74. The van der Waals surface area contributed by atoms with E-state index in [4.69, 9.17) is 0 Å². The molecule has 3 rings (SSSR count). The number of benzene rings is 1. The number of aliphatic hydroxyl groups is 1. The van der Waals surface area contributed by atoms with Gasteiger partial charge < -0.3 is 14.9 Å². The summed E-state index contributed by atoms with van der Waals surface area (Å²) in [5, 5.41) is 10.9. The molecule has 90 valence electrons. The van der Waals surface area contributed by atoms with Gasteiger partial charge in [-0.15, -0.1) is 0 Å². The maximum Gasteiger partial charge on any atom is 0.276 e. The van der Waals surface area contributed by atoms with E-state index < -0.39 is 11.1 Å². The standard InChI is InChI=1S/C13H16N2O2/c1-12-8-14(2)11(16)13(12,17)15(3)10-7-5-4-6-9(10)12/h4-7,17H,8H2,1-3H3/t12-,13-/m0/s1. The molecule has 4 nitrogen and oxygen atoms in total. The Morgan fingerprint density at radius 3 is 2.65 bits per heavy atom. The van der Waals surface area contributed by atoms with E-state index in [9.17, 15) is 9.90 Å². The summed E-state index contributed by atoms with van der Waals surface area (Å²) >= 11 is 0. The number of rotatable bonds is 0. The van der Waals surface area contributed by atoms with E-state index in [0.717, 1.165) is 11.3 Å². The zero-order chi connectivity index (χ0) is 12.4. The first-order valence-electron chi connectivity index (χ1n) is 5.74. The van der Waals surface area contributed by atoms with Crippen LogP contribution in [0.25, 0.3) is 0 Å². The Morgan fingerprint density at radius 2 is 1.94 bits per heavy atom. The number of likely N-dealkylation sites (N-methyl/N-ethyl adjacent to an activating group) is 2. The van der Waals surface area contributed by atoms with Crippen LogP contribution in [0.15, 0.2) is 24.3 Å². The van der Waals surface area contributed by atoms with Crippen LogP contribution in [0.1, 0.15) is 12.5 Å². The van der Waals surface area contributed by atoms with Crippen molar-refractivity contribution in [2.75, 3.05) is 25.5 Å². The van der Waals surface area contributed by atoms with Crippen LogP contribution in [0, 0.1) is 0 Å². The van der Waals surface area contributed by atoms with Gasteiger partial charge in [-0.2, -0.15) is 0 Å². The van der Waals surface area contributed by atoms with Crippen molar-refractivity contribution in [2.45, 2.75) is 18.1 Å². The lowest BCUT2D eigenvalue weighted by atomic mass is 9.78. The summed E-state index contributed by atoms with van der Waals surface area (Å²) in [6.45, 7) is 2.50. The molecule has 0 aromatic heterocycles. The fourth-order valence-corrected chi connectivity index (χ4v) is 3.35. The Balaban J connectivity index is 2.30. The van der Waals surface area contributed by atoms with Crippen LogP contribution in [0.3, 0.4) is 0 Å². The van der Waals surface area contributed by atoms with Crippen LogP contribution in [0.2, 0.25) is 0 Å². The maximum absolute atomic E-state index is 12.2. The normalized spacial score (nSPS) is 35.2. The van der Waals surface area contributed by atoms with Crippen LogP contribution in [-0.4, -0.2) is 42.3 Å². The molecular formula is C13H16N2O2. The van der Waals surface area contributed by atoms with Crippen molar-refractivity contribution < 1.29 is 9.90 Å². The van der Waals surface area contributed by atoms with Crippen molar-refractivity contribution >= 4 is 11.6 Å². The van der Waals surface area contributed by atoms with E-state index in [1.54, 1.807) is 23.9 Å². The summed E-state index contributed by atoms with van der Waals surface area (Å²) in [4.78, 5) is 15.5.